The van der Waals surface area contributed by atoms with E-state index in [2.05, 4.69) is 56.8 Å². The molecule has 29 heavy (non-hydrogen) atoms. The zero-order chi connectivity index (χ0) is 21.0. The number of aromatic amines is 1. The van der Waals surface area contributed by atoms with Gasteiger partial charge < -0.3 is 14.9 Å². The highest BCUT2D eigenvalue weighted by Gasteiger charge is 2.10. The third-order valence-electron chi connectivity index (χ3n) is 4.74. The van der Waals surface area contributed by atoms with Gasteiger partial charge in [-0.2, -0.15) is 0 Å². The molecular formula is C22H25BrN4O2. The molecular weight excluding hydrogens is 432 g/mol. The molecule has 1 heterocycles. The van der Waals surface area contributed by atoms with Crippen molar-refractivity contribution in [1.29, 1.82) is 0 Å². The zero-order valence-corrected chi connectivity index (χ0v) is 18.4. The predicted molar refractivity (Wildman–Crippen MR) is 124 cm³/mol. The minimum absolute atomic E-state index is 0.193. The molecule has 2 aromatic carbocycles. The van der Waals surface area contributed by atoms with Gasteiger partial charge in [0, 0.05) is 40.7 Å². The summed E-state index contributed by atoms with van der Waals surface area (Å²) in [5, 5.41) is 11.4. The average molecular weight is 457 g/mol. The molecule has 0 saturated heterocycles. The molecule has 3 rings (SSSR count). The fraction of sp³-hybridized carbons (Fsp3) is 0.273. The highest BCUT2D eigenvalue weighted by molar-refractivity contribution is 9.10. The maximum atomic E-state index is 12.1. The van der Waals surface area contributed by atoms with E-state index in [0.29, 0.717) is 16.3 Å². The molecule has 0 aliphatic heterocycles. The van der Waals surface area contributed by atoms with E-state index in [1.807, 2.05) is 24.3 Å². The monoisotopic (exact) mass is 456 g/mol. The number of aromatic nitrogens is 1. The summed E-state index contributed by atoms with van der Waals surface area (Å²) in [6, 6.07) is 13.3. The largest absolute Gasteiger partial charge is 0.494 e. The molecule has 0 spiro atoms. The number of fused-ring (bicyclic) bond motifs is 1. The average Bonchev–Trinajstić information content (AvgIpc) is 2.67. The lowest BCUT2D eigenvalue weighted by atomic mass is 10.1. The summed E-state index contributed by atoms with van der Waals surface area (Å²) < 4.78 is 0.825. The molecule has 0 fully saturated rings. The van der Waals surface area contributed by atoms with Crippen LogP contribution in [0.25, 0.3) is 10.8 Å². The number of anilines is 1. The molecule has 3 aromatic rings. The fourth-order valence-corrected chi connectivity index (χ4v) is 3.48. The number of hydrogen-bond donors (Lipinski definition) is 2. The number of rotatable bonds is 7. The molecule has 6 nitrogen and oxygen atoms in total. The first kappa shape index (κ1) is 21.1. The molecule has 152 valence electrons. The van der Waals surface area contributed by atoms with Crippen LogP contribution in [0.4, 0.5) is 11.4 Å². The summed E-state index contributed by atoms with van der Waals surface area (Å²) >= 11 is 3.41. The van der Waals surface area contributed by atoms with Crippen LogP contribution in [0.2, 0.25) is 0 Å². The number of halogens is 1. The summed E-state index contributed by atoms with van der Waals surface area (Å²) in [7, 11) is 6.24. The highest BCUT2D eigenvalue weighted by Crippen LogP contribution is 2.25. The van der Waals surface area contributed by atoms with Crippen molar-refractivity contribution in [2.75, 3.05) is 39.1 Å². The van der Waals surface area contributed by atoms with Gasteiger partial charge in [-0.1, -0.05) is 15.9 Å². The van der Waals surface area contributed by atoms with Crippen LogP contribution in [0.1, 0.15) is 12.0 Å². The maximum Gasteiger partial charge on any atom is 0.258 e. The van der Waals surface area contributed by atoms with E-state index < -0.39 is 0 Å². The van der Waals surface area contributed by atoms with Gasteiger partial charge in [-0.25, -0.2) is 0 Å². The number of pyridine rings is 1. The number of aliphatic imine (C=N–C) groups is 1. The van der Waals surface area contributed by atoms with Crippen molar-refractivity contribution in [3.8, 4) is 5.88 Å². The zero-order valence-electron chi connectivity index (χ0n) is 16.8. The van der Waals surface area contributed by atoms with Crippen LogP contribution >= 0.6 is 15.9 Å². The Balaban J connectivity index is 1.80. The van der Waals surface area contributed by atoms with Gasteiger partial charge in [0.05, 0.1) is 11.3 Å². The second kappa shape index (κ2) is 9.24. The van der Waals surface area contributed by atoms with Crippen LogP contribution in [-0.2, 0) is 0 Å². The Labute approximate surface area is 178 Å². The van der Waals surface area contributed by atoms with Gasteiger partial charge >= 0.3 is 0 Å². The van der Waals surface area contributed by atoms with Gasteiger partial charge in [0.15, 0.2) is 0 Å². The van der Waals surface area contributed by atoms with Crippen molar-refractivity contribution < 1.29 is 5.11 Å². The summed E-state index contributed by atoms with van der Waals surface area (Å²) in [5.41, 5.74) is 2.04. The van der Waals surface area contributed by atoms with Crippen molar-refractivity contribution in [3.63, 3.8) is 0 Å². The minimum atomic E-state index is -0.330. The van der Waals surface area contributed by atoms with Gasteiger partial charge in [-0.05, 0) is 69.5 Å². The standard InChI is InChI=1S/C22H25BrN4O2/c1-26(2)11-4-12-27(3)17-8-6-16(7-9-17)24-14-20-19-13-15(23)5-10-18(19)21(28)25-22(20)29/h5-10,13-14H,4,11-12H2,1-3H3,(H2,25,28,29). The molecule has 0 radical (unpaired) electrons. The number of H-pyrrole nitrogens is 1. The highest BCUT2D eigenvalue weighted by atomic mass is 79.9. The molecule has 0 amide bonds. The Morgan fingerprint density at radius 2 is 1.79 bits per heavy atom. The third-order valence-corrected chi connectivity index (χ3v) is 5.23. The van der Waals surface area contributed by atoms with E-state index in [0.717, 1.165) is 35.4 Å². The number of nitrogens with zero attached hydrogens (tertiary/aromatic N) is 3. The molecule has 2 N–H and O–H groups in total. The summed E-state index contributed by atoms with van der Waals surface area (Å²) in [6.45, 7) is 2.03. The number of nitrogens with one attached hydrogen (secondary N) is 1. The molecule has 0 saturated carbocycles. The Kier molecular flexibility index (Phi) is 6.71. The molecule has 0 aliphatic carbocycles. The molecule has 0 aliphatic rings. The van der Waals surface area contributed by atoms with Crippen LogP contribution in [0, 0.1) is 0 Å². The van der Waals surface area contributed by atoms with E-state index in [4.69, 9.17) is 0 Å². The molecule has 0 bridgehead atoms. The Morgan fingerprint density at radius 1 is 1.07 bits per heavy atom. The van der Waals surface area contributed by atoms with Gasteiger partial charge in [0.25, 0.3) is 5.56 Å². The van der Waals surface area contributed by atoms with Crippen molar-refractivity contribution in [2.45, 2.75) is 6.42 Å². The first-order valence-electron chi connectivity index (χ1n) is 9.39. The van der Waals surface area contributed by atoms with Gasteiger partial charge in [-0.3, -0.25) is 14.8 Å². The SMILES string of the molecule is CN(C)CCCN(C)c1ccc(N=Cc2c(O)[nH]c(=O)c3ccc(Br)cc23)cc1. The first-order valence-corrected chi connectivity index (χ1v) is 10.2. The normalized spacial score (nSPS) is 11.6. The minimum Gasteiger partial charge on any atom is -0.494 e. The maximum absolute atomic E-state index is 12.1. The summed E-state index contributed by atoms with van der Waals surface area (Å²) in [4.78, 5) is 23.4. The Hall–Kier alpha value is -2.64. The number of hydrogen-bond acceptors (Lipinski definition) is 5. The van der Waals surface area contributed by atoms with E-state index in [1.165, 1.54) is 0 Å². The van der Waals surface area contributed by atoms with E-state index >= 15 is 0 Å². The van der Waals surface area contributed by atoms with Crippen molar-refractivity contribution in [3.05, 3.63) is 62.9 Å². The predicted octanol–water partition coefficient (Wildman–Crippen LogP) is 4.13. The molecule has 7 heteroatoms. The van der Waals surface area contributed by atoms with Crippen LogP contribution in [0.15, 0.2) is 56.7 Å². The molecule has 0 unspecified atom stereocenters. The lowest BCUT2D eigenvalue weighted by Gasteiger charge is -2.20. The van der Waals surface area contributed by atoms with Gasteiger partial charge in [0.1, 0.15) is 0 Å². The smallest absolute Gasteiger partial charge is 0.258 e. The Bertz CT molecular complexity index is 1070. The lowest BCUT2D eigenvalue weighted by molar-refractivity contribution is 0.401. The van der Waals surface area contributed by atoms with Crippen molar-refractivity contribution in [1.82, 2.24) is 9.88 Å². The summed E-state index contributed by atoms with van der Waals surface area (Å²) in [5.74, 6) is -0.193. The molecule has 0 atom stereocenters. The second-order valence-electron chi connectivity index (χ2n) is 7.26. The van der Waals surface area contributed by atoms with Crippen LogP contribution in [-0.4, -0.2) is 55.4 Å². The van der Waals surface area contributed by atoms with Crippen LogP contribution in [0.5, 0.6) is 5.88 Å². The number of aromatic hydroxyl groups is 1. The van der Waals surface area contributed by atoms with Gasteiger partial charge in [0.2, 0.25) is 5.88 Å². The van der Waals surface area contributed by atoms with Gasteiger partial charge in [-0.15, -0.1) is 0 Å². The summed E-state index contributed by atoms with van der Waals surface area (Å²) in [6.07, 6.45) is 2.67. The van der Waals surface area contributed by atoms with E-state index in [-0.39, 0.29) is 11.4 Å². The topological polar surface area (TPSA) is 71.9 Å². The molecule has 1 aromatic heterocycles. The second-order valence-corrected chi connectivity index (χ2v) is 8.17. The lowest BCUT2D eigenvalue weighted by Crippen LogP contribution is -2.23. The van der Waals surface area contributed by atoms with Crippen molar-refractivity contribution >= 4 is 44.3 Å². The quantitative estimate of drug-likeness (QED) is 0.524. The number of benzene rings is 2. The first-order chi connectivity index (χ1) is 13.8. The van der Waals surface area contributed by atoms with Crippen LogP contribution in [0.3, 0.4) is 0 Å². The van der Waals surface area contributed by atoms with Crippen molar-refractivity contribution in [2.24, 2.45) is 4.99 Å². The van der Waals surface area contributed by atoms with Crippen LogP contribution < -0.4 is 10.5 Å². The van der Waals surface area contributed by atoms with E-state index in [1.54, 1.807) is 24.4 Å². The van der Waals surface area contributed by atoms with E-state index in [9.17, 15) is 9.90 Å². The Morgan fingerprint density at radius 3 is 2.48 bits per heavy atom. The fourth-order valence-electron chi connectivity index (χ4n) is 3.12. The third kappa shape index (κ3) is 5.25.